The number of nitrogens with one attached hydrogen (secondary N) is 1. The van der Waals surface area contributed by atoms with E-state index in [1.165, 1.54) is 12.1 Å². The Morgan fingerprint density at radius 2 is 2.00 bits per heavy atom. The molecule has 0 bridgehead atoms. The molecule has 24 heavy (non-hydrogen) atoms. The lowest BCUT2D eigenvalue weighted by atomic mass is 10.0. The van der Waals surface area contributed by atoms with Crippen LogP contribution in [0.25, 0.3) is 22.2 Å². The zero-order valence-electron chi connectivity index (χ0n) is 12.7. The number of primary sulfonamides is 1. The van der Waals surface area contributed by atoms with E-state index in [2.05, 4.69) is 9.97 Å². The van der Waals surface area contributed by atoms with Crippen LogP contribution in [-0.2, 0) is 10.0 Å². The highest BCUT2D eigenvalue weighted by molar-refractivity contribution is 7.89. The molecule has 122 valence electrons. The first-order valence-corrected chi connectivity index (χ1v) is 9.13. The minimum absolute atomic E-state index is 0.0449. The zero-order valence-corrected chi connectivity index (χ0v) is 13.5. The molecule has 0 radical (unpaired) electrons. The highest BCUT2D eigenvalue weighted by Gasteiger charge is 2.31. The SMILES string of the molecule is NS(=O)(=O)c1cccc(-c2cnc3[nH]cc(C(=O)C4CC4)c3c2)c1. The largest absolute Gasteiger partial charge is 0.345 e. The van der Waals surface area contributed by atoms with Gasteiger partial charge in [-0.3, -0.25) is 4.79 Å². The highest BCUT2D eigenvalue weighted by Crippen LogP contribution is 2.35. The molecular weight excluding hydrogens is 326 g/mol. The number of rotatable bonds is 4. The fraction of sp³-hybridized carbons (Fsp3) is 0.176. The van der Waals surface area contributed by atoms with E-state index in [9.17, 15) is 13.2 Å². The van der Waals surface area contributed by atoms with E-state index in [0.717, 1.165) is 23.8 Å². The summed E-state index contributed by atoms with van der Waals surface area (Å²) in [5.74, 6) is 0.261. The van der Waals surface area contributed by atoms with Crippen LogP contribution in [0.2, 0.25) is 0 Å². The van der Waals surface area contributed by atoms with Crippen LogP contribution >= 0.6 is 0 Å². The quantitative estimate of drug-likeness (QED) is 0.711. The Morgan fingerprint density at radius 3 is 2.71 bits per heavy atom. The topological polar surface area (TPSA) is 106 Å². The van der Waals surface area contributed by atoms with Gasteiger partial charge >= 0.3 is 0 Å². The van der Waals surface area contributed by atoms with Crippen LogP contribution in [0.4, 0.5) is 0 Å². The van der Waals surface area contributed by atoms with Gasteiger partial charge in [0.05, 0.1) is 4.90 Å². The van der Waals surface area contributed by atoms with Gasteiger partial charge in [-0.05, 0) is 36.6 Å². The van der Waals surface area contributed by atoms with Crippen molar-refractivity contribution in [2.75, 3.05) is 0 Å². The lowest BCUT2D eigenvalue weighted by molar-refractivity contribution is 0.0969. The lowest BCUT2D eigenvalue weighted by Gasteiger charge is -2.05. The maximum Gasteiger partial charge on any atom is 0.238 e. The van der Waals surface area contributed by atoms with E-state index < -0.39 is 10.0 Å². The number of hydrogen-bond donors (Lipinski definition) is 2. The van der Waals surface area contributed by atoms with Gasteiger partial charge in [-0.25, -0.2) is 18.5 Å². The molecule has 6 nitrogen and oxygen atoms in total. The van der Waals surface area contributed by atoms with Gasteiger partial charge < -0.3 is 4.98 Å². The molecule has 3 aromatic rings. The number of fused-ring (bicyclic) bond motifs is 1. The zero-order chi connectivity index (χ0) is 16.9. The van der Waals surface area contributed by atoms with Crippen molar-refractivity contribution in [3.8, 4) is 11.1 Å². The third kappa shape index (κ3) is 2.61. The summed E-state index contributed by atoms with van der Waals surface area (Å²) in [5, 5.41) is 5.94. The number of benzene rings is 1. The summed E-state index contributed by atoms with van der Waals surface area (Å²) in [6.07, 6.45) is 5.22. The Balaban J connectivity index is 1.83. The molecule has 1 aliphatic carbocycles. The molecule has 0 aliphatic heterocycles. The van der Waals surface area contributed by atoms with Crippen molar-refractivity contribution in [3.63, 3.8) is 0 Å². The highest BCUT2D eigenvalue weighted by atomic mass is 32.2. The summed E-state index contributed by atoms with van der Waals surface area (Å²) in [5.41, 5.74) is 2.70. The number of Topliss-reactive ketones (excluding diaryl/α,β-unsaturated/α-hetero) is 1. The molecule has 4 rings (SSSR count). The molecule has 1 fully saturated rings. The number of carbonyl (C=O) groups is 1. The molecule has 0 atom stereocenters. The Kier molecular flexibility index (Phi) is 3.29. The number of H-pyrrole nitrogens is 1. The van der Waals surface area contributed by atoms with Crippen LogP contribution in [0.1, 0.15) is 23.2 Å². The number of nitrogens with zero attached hydrogens (tertiary/aromatic N) is 1. The van der Waals surface area contributed by atoms with Crippen LogP contribution in [-0.4, -0.2) is 24.2 Å². The van der Waals surface area contributed by atoms with E-state index in [0.29, 0.717) is 16.8 Å². The number of ketones is 1. The lowest BCUT2D eigenvalue weighted by Crippen LogP contribution is -2.11. The number of sulfonamides is 1. The maximum atomic E-state index is 12.4. The van der Waals surface area contributed by atoms with Crippen molar-refractivity contribution >= 4 is 26.8 Å². The molecule has 0 spiro atoms. The summed E-state index contributed by atoms with van der Waals surface area (Å²) in [4.78, 5) is 19.8. The van der Waals surface area contributed by atoms with Gasteiger partial charge in [0.15, 0.2) is 5.78 Å². The van der Waals surface area contributed by atoms with Gasteiger partial charge in [0, 0.05) is 34.8 Å². The van der Waals surface area contributed by atoms with Crippen molar-refractivity contribution in [1.29, 1.82) is 0 Å². The van der Waals surface area contributed by atoms with Crippen molar-refractivity contribution in [1.82, 2.24) is 9.97 Å². The Morgan fingerprint density at radius 1 is 1.21 bits per heavy atom. The van der Waals surface area contributed by atoms with Crippen LogP contribution in [0, 0.1) is 5.92 Å². The monoisotopic (exact) mass is 341 g/mol. The van der Waals surface area contributed by atoms with Gasteiger partial charge in [0.1, 0.15) is 5.65 Å². The number of pyridine rings is 1. The van der Waals surface area contributed by atoms with E-state index in [1.54, 1.807) is 24.5 Å². The Hall–Kier alpha value is -2.51. The first-order chi connectivity index (χ1) is 11.4. The summed E-state index contributed by atoms with van der Waals surface area (Å²) in [7, 11) is -3.77. The van der Waals surface area contributed by atoms with E-state index in [4.69, 9.17) is 5.14 Å². The molecule has 2 heterocycles. The minimum atomic E-state index is -3.77. The van der Waals surface area contributed by atoms with Gasteiger partial charge in [-0.2, -0.15) is 0 Å². The van der Waals surface area contributed by atoms with Crippen molar-refractivity contribution in [3.05, 3.63) is 48.3 Å². The summed E-state index contributed by atoms with van der Waals surface area (Å²) in [6, 6.07) is 8.23. The van der Waals surface area contributed by atoms with Gasteiger partial charge in [-0.1, -0.05) is 12.1 Å². The van der Waals surface area contributed by atoms with E-state index in [-0.39, 0.29) is 16.6 Å². The normalized spacial score (nSPS) is 14.9. The third-order valence-corrected chi connectivity index (χ3v) is 5.15. The second-order valence-corrected chi connectivity index (χ2v) is 7.60. The van der Waals surface area contributed by atoms with Crippen LogP contribution in [0.5, 0.6) is 0 Å². The molecule has 0 unspecified atom stereocenters. The smallest absolute Gasteiger partial charge is 0.238 e. The molecule has 1 aliphatic rings. The van der Waals surface area contributed by atoms with E-state index in [1.807, 2.05) is 6.07 Å². The van der Waals surface area contributed by atoms with Gasteiger partial charge in [0.2, 0.25) is 10.0 Å². The summed E-state index contributed by atoms with van der Waals surface area (Å²) >= 11 is 0. The molecular formula is C17H15N3O3S. The number of aromatic nitrogens is 2. The fourth-order valence-electron chi connectivity index (χ4n) is 2.78. The average molecular weight is 341 g/mol. The summed E-state index contributed by atoms with van der Waals surface area (Å²) in [6.45, 7) is 0. The first kappa shape index (κ1) is 15.0. The van der Waals surface area contributed by atoms with Crippen LogP contribution in [0.3, 0.4) is 0 Å². The first-order valence-electron chi connectivity index (χ1n) is 7.58. The number of carbonyl (C=O) groups excluding carboxylic acids is 1. The van der Waals surface area contributed by atoms with Crippen molar-refractivity contribution in [2.24, 2.45) is 11.1 Å². The third-order valence-electron chi connectivity index (χ3n) is 4.24. The van der Waals surface area contributed by atoms with E-state index >= 15 is 0 Å². The molecule has 1 aromatic carbocycles. The molecule has 0 amide bonds. The summed E-state index contributed by atoms with van der Waals surface area (Å²) < 4.78 is 23.1. The molecule has 3 N–H and O–H groups in total. The Bertz CT molecular complexity index is 1070. The minimum Gasteiger partial charge on any atom is -0.345 e. The molecule has 1 saturated carbocycles. The molecule has 2 aromatic heterocycles. The average Bonchev–Trinajstić information content (AvgIpc) is 3.33. The fourth-order valence-corrected chi connectivity index (χ4v) is 3.34. The second kappa shape index (κ2) is 5.25. The number of aromatic amines is 1. The Labute approximate surface area is 138 Å². The van der Waals surface area contributed by atoms with Crippen molar-refractivity contribution < 1.29 is 13.2 Å². The van der Waals surface area contributed by atoms with Crippen molar-refractivity contribution in [2.45, 2.75) is 17.7 Å². The molecule has 0 saturated heterocycles. The van der Waals surface area contributed by atoms with Crippen LogP contribution < -0.4 is 5.14 Å². The van der Waals surface area contributed by atoms with Gasteiger partial charge in [0.25, 0.3) is 0 Å². The molecule has 7 heteroatoms. The van der Waals surface area contributed by atoms with Crippen LogP contribution in [0.15, 0.2) is 47.6 Å². The number of nitrogens with two attached hydrogens (primary N) is 1. The number of hydrogen-bond acceptors (Lipinski definition) is 4. The van der Waals surface area contributed by atoms with Gasteiger partial charge in [-0.15, -0.1) is 0 Å². The standard InChI is InChI=1S/C17H15N3O3S/c18-24(22,23)13-3-1-2-11(6-13)12-7-14-15(16(21)10-4-5-10)9-20-17(14)19-8-12/h1-3,6-10H,4-5H2,(H,19,20)(H2,18,22,23). The maximum absolute atomic E-state index is 12.4. The second-order valence-electron chi connectivity index (χ2n) is 6.03. The predicted octanol–water partition coefficient (Wildman–Crippen LogP) is 2.47. The predicted molar refractivity (Wildman–Crippen MR) is 90.0 cm³/mol.